The summed E-state index contributed by atoms with van der Waals surface area (Å²) in [6.07, 6.45) is 1.18. The van der Waals surface area contributed by atoms with Crippen LogP contribution in [0.15, 0.2) is 77.6 Å². The Kier molecular flexibility index (Phi) is 7.98. The second-order valence-corrected chi connectivity index (χ2v) is 9.57. The van der Waals surface area contributed by atoms with Crippen LogP contribution >= 0.6 is 23.4 Å². The Morgan fingerprint density at radius 3 is 2.38 bits per heavy atom. The number of carboxylic acids is 1. The summed E-state index contributed by atoms with van der Waals surface area (Å²) in [5.74, 6) is -0.118. The minimum Gasteiger partial charge on any atom is -0.481 e. The number of halogens is 1. The lowest BCUT2D eigenvalue weighted by atomic mass is 10.0. The highest BCUT2D eigenvalue weighted by Gasteiger charge is 2.18. The molecule has 8 heteroatoms. The maximum Gasteiger partial charge on any atom is 0.307 e. The molecule has 6 nitrogen and oxygen atoms in total. The number of carboxylic acid groups (broad SMARTS) is 1. The second-order valence-electron chi connectivity index (χ2n) is 7.99. The van der Waals surface area contributed by atoms with Gasteiger partial charge in [-0.3, -0.25) is 9.59 Å². The lowest BCUT2D eigenvalue weighted by Crippen LogP contribution is -2.27. The summed E-state index contributed by atoms with van der Waals surface area (Å²) in [7, 11) is 0. The van der Waals surface area contributed by atoms with Gasteiger partial charge in [0.2, 0.25) is 0 Å². The summed E-state index contributed by atoms with van der Waals surface area (Å²) >= 11 is 7.57. The SMILES string of the molecule is O=C(O)C(CCn1nnc2ccccc2c1=O)CSCCc1ccc(-c2ccc(Cl)cc2)cc1. The Bertz CT molecular complexity index is 1320. The van der Waals surface area contributed by atoms with Crippen LogP contribution in [0, 0.1) is 5.92 Å². The minimum absolute atomic E-state index is 0.223. The van der Waals surface area contributed by atoms with Crippen molar-refractivity contribution in [2.24, 2.45) is 5.92 Å². The fraction of sp³-hybridized carbons (Fsp3) is 0.231. The predicted molar refractivity (Wildman–Crippen MR) is 137 cm³/mol. The smallest absolute Gasteiger partial charge is 0.307 e. The molecule has 0 aliphatic carbocycles. The average molecular weight is 494 g/mol. The molecule has 0 bridgehead atoms. The van der Waals surface area contributed by atoms with Crippen LogP contribution in [0.1, 0.15) is 12.0 Å². The van der Waals surface area contributed by atoms with Crippen LogP contribution in [0.5, 0.6) is 0 Å². The summed E-state index contributed by atoms with van der Waals surface area (Å²) < 4.78 is 1.26. The number of carbonyl (C=O) groups is 1. The third-order valence-electron chi connectivity index (χ3n) is 5.65. The molecule has 0 fully saturated rings. The number of nitrogens with zero attached hydrogens (tertiary/aromatic N) is 3. The molecule has 0 spiro atoms. The second kappa shape index (κ2) is 11.3. The zero-order chi connectivity index (χ0) is 23.9. The van der Waals surface area contributed by atoms with Crippen molar-refractivity contribution in [3.05, 3.63) is 93.7 Å². The van der Waals surface area contributed by atoms with Gasteiger partial charge in [0.1, 0.15) is 5.52 Å². The normalized spacial score (nSPS) is 12.0. The van der Waals surface area contributed by atoms with Crippen molar-refractivity contribution in [3.63, 3.8) is 0 Å². The molecule has 0 saturated carbocycles. The van der Waals surface area contributed by atoms with Crippen molar-refractivity contribution < 1.29 is 9.90 Å². The standard InChI is InChI=1S/C26H24ClN3O3S/c27-22-11-9-20(10-12-22)19-7-5-18(6-8-19)14-16-34-17-21(26(32)33)13-15-30-25(31)23-3-1-2-4-24(23)28-29-30/h1-12,21H,13-17H2,(H,32,33). The molecule has 1 atom stereocenters. The van der Waals surface area contributed by atoms with Crippen molar-refractivity contribution >= 4 is 40.2 Å². The van der Waals surface area contributed by atoms with E-state index in [0.29, 0.717) is 28.1 Å². The van der Waals surface area contributed by atoms with Crippen molar-refractivity contribution in [1.82, 2.24) is 15.0 Å². The molecule has 34 heavy (non-hydrogen) atoms. The number of benzene rings is 3. The van der Waals surface area contributed by atoms with Crippen LogP contribution in [0.25, 0.3) is 22.0 Å². The first-order chi connectivity index (χ1) is 16.5. The molecule has 0 amide bonds. The average Bonchev–Trinajstić information content (AvgIpc) is 2.85. The number of aliphatic carboxylic acids is 1. The number of hydrogen-bond donors (Lipinski definition) is 1. The Hall–Kier alpha value is -3.16. The van der Waals surface area contributed by atoms with E-state index < -0.39 is 11.9 Å². The van der Waals surface area contributed by atoms with Crippen LogP contribution < -0.4 is 5.56 Å². The Labute approximate surface area is 206 Å². The van der Waals surface area contributed by atoms with Crippen molar-refractivity contribution in [2.45, 2.75) is 19.4 Å². The highest BCUT2D eigenvalue weighted by molar-refractivity contribution is 7.99. The van der Waals surface area contributed by atoms with E-state index >= 15 is 0 Å². The predicted octanol–water partition coefficient (Wildman–Crippen LogP) is 5.18. The van der Waals surface area contributed by atoms with Crippen molar-refractivity contribution in [2.75, 3.05) is 11.5 Å². The van der Waals surface area contributed by atoms with Gasteiger partial charge in [0.15, 0.2) is 0 Å². The first kappa shape index (κ1) is 24.0. The summed E-state index contributed by atoms with van der Waals surface area (Å²) in [5.41, 5.74) is 3.74. The molecule has 0 aliphatic heterocycles. The van der Waals surface area contributed by atoms with E-state index in [2.05, 4.69) is 34.6 Å². The summed E-state index contributed by atoms with van der Waals surface area (Å²) in [6.45, 7) is 0.223. The summed E-state index contributed by atoms with van der Waals surface area (Å²) in [6, 6.07) is 23.1. The van der Waals surface area contributed by atoms with Gasteiger partial charge in [0.25, 0.3) is 5.56 Å². The number of hydrogen-bond acceptors (Lipinski definition) is 5. The molecule has 0 saturated heterocycles. The van der Waals surface area contributed by atoms with Gasteiger partial charge in [0.05, 0.1) is 11.3 Å². The van der Waals surface area contributed by atoms with Gasteiger partial charge in [-0.2, -0.15) is 11.8 Å². The van der Waals surface area contributed by atoms with Gasteiger partial charge in [-0.15, -0.1) is 5.10 Å². The van der Waals surface area contributed by atoms with E-state index in [1.807, 2.05) is 24.3 Å². The number of fused-ring (bicyclic) bond motifs is 1. The van der Waals surface area contributed by atoms with Crippen LogP contribution in [-0.2, 0) is 17.8 Å². The zero-order valence-corrected chi connectivity index (χ0v) is 20.0. The van der Waals surface area contributed by atoms with Crippen molar-refractivity contribution in [3.8, 4) is 11.1 Å². The molecule has 0 aliphatic rings. The highest BCUT2D eigenvalue weighted by Crippen LogP contribution is 2.23. The van der Waals surface area contributed by atoms with Gasteiger partial charge >= 0.3 is 5.97 Å². The lowest BCUT2D eigenvalue weighted by Gasteiger charge is -2.12. The van der Waals surface area contributed by atoms with E-state index in [4.69, 9.17) is 11.6 Å². The van der Waals surface area contributed by atoms with Crippen molar-refractivity contribution in [1.29, 1.82) is 0 Å². The number of rotatable bonds is 10. The summed E-state index contributed by atoms with van der Waals surface area (Å²) in [4.78, 5) is 24.3. The Balaban J connectivity index is 1.27. The van der Waals surface area contributed by atoms with Gasteiger partial charge in [-0.05, 0) is 59.6 Å². The zero-order valence-electron chi connectivity index (χ0n) is 18.4. The maximum atomic E-state index is 12.6. The fourth-order valence-electron chi connectivity index (χ4n) is 3.65. The number of aromatic nitrogens is 3. The quantitative estimate of drug-likeness (QED) is 0.306. The molecule has 4 rings (SSSR count). The molecule has 1 heterocycles. The monoisotopic (exact) mass is 493 g/mol. The van der Waals surface area contributed by atoms with Gasteiger partial charge < -0.3 is 5.11 Å². The number of thioether (sulfide) groups is 1. The molecular formula is C26H24ClN3O3S. The third-order valence-corrected chi connectivity index (χ3v) is 7.04. The first-order valence-electron chi connectivity index (χ1n) is 11.0. The molecule has 3 aromatic carbocycles. The molecule has 1 N–H and O–H groups in total. The summed E-state index contributed by atoms with van der Waals surface area (Å²) in [5, 5.41) is 18.8. The molecule has 4 aromatic rings. The van der Waals surface area contributed by atoms with Gasteiger partial charge in [-0.1, -0.05) is 65.3 Å². The topological polar surface area (TPSA) is 85.1 Å². The molecule has 1 aromatic heterocycles. The Morgan fingerprint density at radius 2 is 1.68 bits per heavy atom. The number of aryl methyl sites for hydroxylation is 2. The van der Waals surface area contributed by atoms with Gasteiger partial charge in [0, 0.05) is 17.3 Å². The molecule has 174 valence electrons. The van der Waals surface area contributed by atoms with E-state index in [9.17, 15) is 14.7 Å². The molecular weight excluding hydrogens is 470 g/mol. The maximum absolute atomic E-state index is 12.6. The Morgan fingerprint density at radius 1 is 1.00 bits per heavy atom. The molecule has 1 unspecified atom stereocenters. The highest BCUT2D eigenvalue weighted by atomic mass is 35.5. The first-order valence-corrected chi connectivity index (χ1v) is 12.5. The molecule has 0 radical (unpaired) electrons. The lowest BCUT2D eigenvalue weighted by molar-refractivity contribution is -0.141. The minimum atomic E-state index is -0.860. The van der Waals surface area contributed by atoms with E-state index in [-0.39, 0.29) is 12.1 Å². The van der Waals surface area contributed by atoms with Gasteiger partial charge in [-0.25, -0.2) is 4.68 Å². The van der Waals surface area contributed by atoms with E-state index in [0.717, 1.165) is 23.3 Å². The van der Waals surface area contributed by atoms with Crippen LogP contribution in [-0.4, -0.2) is 37.6 Å². The van der Waals surface area contributed by atoms with E-state index in [1.54, 1.807) is 36.0 Å². The fourth-order valence-corrected chi connectivity index (χ4v) is 4.91. The van der Waals surface area contributed by atoms with Crippen LogP contribution in [0.4, 0.5) is 0 Å². The van der Waals surface area contributed by atoms with Crippen LogP contribution in [0.3, 0.4) is 0 Å². The van der Waals surface area contributed by atoms with E-state index in [1.165, 1.54) is 10.2 Å². The third kappa shape index (κ3) is 6.04. The largest absolute Gasteiger partial charge is 0.481 e. The van der Waals surface area contributed by atoms with Crippen LogP contribution in [0.2, 0.25) is 5.02 Å².